The van der Waals surface area contributed by atoms with E-state index in [1.807, 2.05) is 13.0 Å². The second-order valence-corrected chi connectivity index (χ2v) is 11.0. The average molecular weight is 537 g/mol. The van der Waals surface area contributed by atoms with Gasteiger partial charge in [-0.25, -0.2) is 18.2 Å². The van der Waals surface area contributed by atoms with Crippen molar-refractivity contribution >= 4 is 17.2 Å². The molecule has 204 valence electrons. The van der Waals surface area contributed by atoms with Gasteiger partial charge >= 0.3 is 0 Å². The molecule has 10 heteroatoms. The van der Waals surface area contributed by atoms with Gasteiger partial charge in [-0.15, -0.1) is 0 Å². The molecule has 4 N–H and O–H groups in total. The molecule has 2 aliphatic carbocycles. The van der Waals surface area contributed by atoms with Crippen molar-refractivity contribution in [3.05, 3.63) is 71.7 Å². The van der Waals surface area contributed by atoms with E-state index >= 15 is 13.2 Å². The van der Waals surface area contributed by atoms with E-state index in [-0.39, 0.29) is 47.5 Å². The number of halogens is 3. The molecule has 0 unspecified atom stereocenters. The summed E-state index contributed by atoms with van der Waals surface area (Å²) >= 11 is 0. The first-order chi connectivity index (χ1) is 18.7. The number of fused-ring (bicyclic) bond motifs is 1. The van der Waals surface area contributed by atoms with E-state index in [0.717, 1.165) is 24.1 Å². The summed E-state index contributed by atoms with van der Waals surface area (Å²) in [6.07, 6.45) is 7.79. The third-order valence-corrected chi connectivity index (χ3v) is 8.37. The van der Waals surface area contributed by atoms with Gasteiger partial charge in [0.1, 0.15) is 17.3 Å². The van der Waals surface area contributed by atoms with E-state index in [1.54, 1.807) is 24.7 Å². The minimum absolute atomic E-state index is 0.0400. The Morgan fingerprint density at radius 3 is 2.54 bits per heavy atom. The Hall–Kier alpha value is -3.50. The molecule has 39 heavy (non-hydrogen) atoms. The summed E-state index contributed by atoms with van der Waals surface area (Å²) in [4.78, 5) is 8.69. The lowest BCUT2D eigenvalue weighted by Gasteiger charge is -2.36. The summed E-state index contributed by atoms with van der Waals surface area (Å²) in [6, 6.07) is 6.98. The van der Waals surface area contributed by atoms with Gasteiger partial charge in [0.2, 0.25) is 5.95 Å². The number of anilines is 2. The molecular formula is C29H31F3N6O. The van der Waals surface area contributed by atoms with Gasteiger partial charge in [-0.3, -0.25) is 4.98 Å². The number of aliphatic hydroxyl groups excluding tert-OH is 1. The fraction of sp³-hybridized carbons (Fsp3) is 0.414. The number of benzene rings is 1. The van der Waals surface area contributed by atoms with Crippen molar-refractivity contribution in [3.63, 3.8) is 0 Å². The van der Waals surface area contributed by atoms with Gasteiger partial charge in [0.15, 0.2) is 0 Å². The Morgan fingerprint density at radius 1 is 1.08 bits per heavy atom. The maximum atomic E-state index is 15.2. The minimum Gasteiger partial charge on any atom is -0.391 e. The van der Waals surface area contributed by atoms with Gasteiger partial charge in [-0.2, -0.15) is 9.61 Å². The largest absolute Gasteiger partial charge is 0.391 e. The molecule has 6 rings (SSSR count). The smallest absolute Gasteiger partial charge is 0.229 e. The monoisotopic (exact) mass is 536 g/mol. The number of nitrogens with zero attached hydrogens (tertiary/aromatic N) is 4. The van der Waals surface area contributed by atoms with E-state index < -0.39 is 23.4 Å². The van der Waals surface area contributed by atoms with E-state index in [9.17, 15) is 5.11 Å². The van der Waals surface area contributed by atoms with E-state index in [0.29, 0.717) is 36.4 Å². The van der Waals surface area contributed by atoms with Crippen LogP contribution in [0.3, 0.4) is 0 Å². The first-order valence-corrected chi connectivity index (χ1v) is 13.4. The predicted octanol–water partition coefficient (Wildman–Crippen LogP) is 5.75. The fourth-order valence-electron chi connectivity index (χ4n) is 6.22. The van der Waals surface area contributed by atoms with Crippen LogP contribution in [0.1, 0.15) is 62.5 Å². The molecule has 3 aromatic heterocycles. The standard InChI is InChI=1S/C29H31F3N6O/c1-16-10-17(11-23(33)27(16)39)20-6-9-34-15-25(20)36-28-35-14-19-4-5-24(37-38(19)28)26-21(30)12-18(13-22(26)31)29(32)7-2-3-8-29/h4-6,9,12-17,23,27,39H,2-3,7-8,10-11,33H2,1H3,(H,35,36)/t16-,17+,23+,27+/m0/s1. The van der Waals surface area contributed by atoms with Gasteiger partial charge < -0.3 is 16.2 Å². The number of nitrogens with two attached hydrogens (primary N) is 1. The zero-order chi connectivity index (χ0) is 27.3. The number of pyridine rings is 1. The molecule has 2 fully saturated rings. The minimum atomic E-state index is -1.70. The molecule has 0 amide bonds. The van der Waals surface area contributed by atoms with Crippen LogP contribution in [0.4, 0.5) is 24.8 Å². The summed E-state index contributed by atoms with van der Waals surface area (Å²) in [5, 5.41) is 18.1. The van der Waals surface area contributed by atoms with Gasteiger partial charge in [-0.05, 0) is 91.8 Å². The molecule has 0 bridgehead atoms. The van der Waals surface area contributed by atoms with Crippen LogP contribution in [0.15, 0.2) is 48.9 Å². The third kappa shape index (κ3) is 4.65. The molecule has 0 spiro atoms. The molecular weight excluding hydrogens is 505 g/mol. The average Bonchev–Trinajstić information content (AvgIpc) is 3.54. The first kappa shape index (κ1) is 25.8. The van der Waals surface area contributed by atoms with Crippen molar-refractivity contribution in [3.8, 4) is 11.3 Å². The second kappa shape index (κ2) is 9.91. The van der Waals surface area contributed by atoms with Crippen molar-refractivity contribution in [2.45, 2.75) is 69.2 Å². The van der Waals surface area contributed by atoms with Crippen molar-refractivity contribution in [1.29, 1.82) is 0 Å². The molecule has 3 heterocycles. The maximum absolute atomic E-state index is 15.2. The third-order valence-electron chi connectivity index (χ3n) is 8.37. The molecule has 1 aromatic carbocycles. The number of hydrogen-bond donors (Lipinski definition) is 3. The molecule has 4 atom stereocenters. The number of imidazole rings is 1. The summed E-state index contributed by atoms with van der Waals surface area (Å²) in [5.41, 5.74) is 6.63. The van der Waals surface area contributed by atoms with Crippen LogP contribution < -0.4 is 11.1 Å². The van der Waals surface area contributed by atoms with Gasteiger partial charge in [-0.1, -0.05) is 6.92 Å². The number of alkyl halides is 1. The Bertz CT molecular complexity index is 1480. The van der Waals surface area contributed by atoms with E-state index in [2.05, 4.69) is 20.4 Å². The lowest BCUT2D eigenvalue weighted by molar-refractivity contribution is 0.0521. The van der Waals surface area contributed by atoms with Crippen molar-refractivity contribution < 1.29 is 18.3 Å². The van der Waals surface area contributed by atoms with Crippen LogP contribution in [0.2, 0.25) is 0 Å². The summed E-state index contributed by atoms with van der Waals surface area (Å²) in [7, 11) is 0. The maximum Gasteiger partial charge on any atom is 0.229 e. The zero-order valence-corrected chi connectivity index (χ0v) is 21.6. The molecule has 4 aromatic rings. The summed E-state index contributed by atoms with van der Waals surface area (Å²) < 4.78 is 47.1. The highest BCUT2D eigenvalue weighted by molar-refractivity contribution is 5.66. The molecule has 7 nitrogen and oxygen atoms in total. The SMILES string of the molecule is C[C@H]1C[C@@H](c2ccncc2Nc2ncc3ccc(-c4c(F)cc(C5(F)CCCC5)cc4F)nn23)C[C@@H](N)[C@@H]1O. The summed E-state index contributed by atoms with van der Waals surface area (Å²) in [6.45, 7) is 1.99. The topological polar surface area (TPSA) is 101 Å². The highest BCUT2D eigenvalue weighted by atomic mass is 19.1. The number of hydrogen-bond acceptors (Lipinski definition) is 6. The Kier molecular flexibility index (Phi) is 6.55. The van der Waals surface area contributed by atoms with E-state index in [1.165, 1.54) is 10.6 Å². The first-order valence-electron chi connectivity index (χ1n) is 13.4. The molecule has 0 saturated heterocycles. The quantitative estimate of drug-likeness (QED) is 0.300. The predicted molar refractivity (Wildman–Crippen MR) is 142 cm³/mol. The van der Waals surface area contributed by atoms with E-state index in [4.69, 9.17) is 5.73 Å². The fourth-order valence-corrected chi connectivity index (χ4v) is 6.22. The number of nitrogens with one attached hydrogen (secondary N) is 1. The van der Waals surface area contributed by atoms with Crippen LogP contribution in [0.5, 0.6) is 0 Å². The highest BCUT2D eigenvalue weighted by Gasteiger charge is 2.37. The van der Waals surface area contributed by atoms with Crippen LogP contribution in [-0.2, 0) is 5.67 Å². The number of rotatable bonds is 5. The van der Waals surface area contributed by atoms with Gasteiger partial charge in [0.05, 0.1) is 41.0 Å². The van der Waals surface area contributed by atoms with Crippen molar-refractivity contribution in [1.82, 2.24) is 19.6 Å². The Labute approximate surface area is 224 Å². The van der Waals surface area contributed by atoms with Crippen LogP contribution in [0, 0.1) is 17.6 Å². The van der Waals surface area contributed by atoms with Crippen molar-refractivity contribution in [2.75, 3.05) is 5.32 Å². The Morgan fingerprint density at radius 2 is 1.82 bits per heavy atom. The van der Waals surface area contributed by atoms with Crippen LogP contribution in [-0.4, -0.2) is 36.8 Å². The lowest BCUT2D eigenvalue weighted by atomic mass is 9.74. The van der Waals surface area contributed by atoms with Gasteiger partial charge in [0, 0.05) is 12.2 Å². The Balaban J connectivity index is 1.33. The number of aliphatic hydroxyl groups is 1. The van der Waals surface area contributed by atoms with Crippen LogP contribution in [0.25, 0.3) is 16.8 Å². The molecule has 0 aliphatic heterocycles. The number of aromatic nitrogens is 4. The zero-order valence-electron chi connectivity index (χ0n) is 21.6. The van der Waals surface area contributed by atoms with Crippen LogP contribution >= 0.6 is 0 Å². The highest BCUT2D eigenvalue weighted by Crippen LogP contribution is 2.44. The lowest BCUT2D eigenvalue weighted by Crippen LogP contribution is -2.44. The summed E-state index contributed by atoms with van der Waals surface area (Å²) in [5.74, 6) is -1.20. The van der Waals surface area contributed by atoms with Gasteiger partial charge in [0.25, 0.3) is 0 Å². The normalized spacial score (nSPS) is 24.8. The second-order valence-electron chi connectivity index (χ2n) is 11.0. The molecule has 2 saturated carbocycles. The molecule has 2 aliphatic rings. The van der Waals surface area contributed by atoms with Crippen molar-refractivity contribution in [2.24, 2.45) is 11.7 Å². The molecule has 0 radical (unpaired) electrons.